The number of anilines is 2. The zero-order valence-corrected chi connectivity index (χ0v) is 19.6. The highest BCUT2D eigenvalue weighted by atomic mass is 16.1. The van der Waals surface area contributed by atoms with Crippen molar-refractivity contribution in [1.29, 1.82) is 0 Å². The topological polar surface area (TPSA) is 84.5 Å². The molecule has 7 nitrogen and oxygen atoms in total. The van der Waals surface area contributed by atoms with Crippen LogP contribution in [0.2, 0.25) is 0 Å². The largest absolute Gasteiger partial charge is 0.369 e. The number of primary amides is 1. The molecular formula is C28H27N5O2. The van der Waals surface area contributed by atoms with Gasteiger partial charge in [0.1, 0.15) is 5.82 Å². The van der Waals surface area contributed by atoms with E-state index < -0.39 is 0 Å². The average Bonchev–Trinajstić information content (AvgIpc) is 3.52. The van der Waals surface area contributed by atoms with E-state index in [0.29, 0.717) is 12.1 Å². The maximum Gasteiger partial charge on any atom is 0.277 e. The molecule has 176 valence electrons. The summed E-state index contributed by atoms with van der Waals surface area (Å²) in [7, 11) is 0. The Morgan fingerprint density at radius 1 is 1.06 bits per heavy atom. The molecule has 0 spiro atoms. The number of nitrogens with two attached hydrogens (primary N) is 1. The lowest BCUT2D eigenvalue weighted by Crippen LogP contribution is -2.37. The highest BCUT2D eigenvalue weighted by Gasteiger charge is 2.27. The van der Waals surface area contributed by atoms with Crippen LogP contribution in [0, 0.1) is 12.8 Å². The summed E-state index contributed by atoms with van der Waals surface area (Å²) < 4.78 is 1.74. The second-order valence-corrected chi connectivity index (χ2v) is 9.46. The van der Waals surface area contributed by atoms with Crippen molar-refractivity contribution in [3.63, 3.8) is 0 Å². The van der Waals surface area contributed by atoms with Gasteiger partial charge in [-0.25, -0.2) is 9.66 Å². The van der Waals surface area contributed by atoms with Crippen molar-refractivity contribution in [2.75, 3.05) is 29.5 Å². The third kappa shape index (κ3) is 3.64. The Labute approximate surface area is 203 Å². The number of fused-ring (bicyclic) bond motifs is 2. The van der Waals surface area contributed by atoms with Crippen LogP contribution < -0.4 is 21.2 Å². The number of pyridine rings is 2. The smallest absolute Gasteiger partial charge is 0.277 e. The van der Waals surface area contributed by atoms with Gasteiger partial charge in [-0.2, -0.15) is 0 Å². The Morgan fingerprint density at radius 3 is 2.74 bits per heavy atom. The van der Waals surface area contributed by atoms with Gasteiger partial charge in [0.25, 0.3) is 5.56 Å². The van der Waals surface area contributed by atoms with Gasteiger partial charge in [-0.3, -0.25) is 14.6 Å². The summed E-state index contributed by atoms with van der Waals surface area (Å²) in [6.45, 7) is 4.13. The quantitative estimate of drug-likeness (QED) is 0.499. The number of aryl methyl sites for hydroxylation is 1. The van der Waals surface area contributed by atoms with Gasteiger partial charge in [-0.05, 0) is 66.1 Å². The number of para-hydroxylation sites is 1. The number of hydrogen-bond acceptors (Lipinski definition) is 5. The monoisotopic (exact) mass is 465 g/mol. The van der Waals surface area contributed by atoms with E-state index in [9.17, 15) is 9.59 Å². The fraction of sp³-hybridized carbons (Fsp3) is 0.250. The van der Waals surface area contributed by atoms with Gasteiger partial charge in [-0.15, -0.1) is 0 Å². The number of amides is 1. The molecule has 0 aliphatic carbocycles. The van der Waals surface area contributed by atoms with Crippen LogP contribution in [0.4, 0.5) is 11.5 Å². The highest BCUT2D eigenvalue weighted by molar-refractivity contribution is 5.89. The minimum atomic E-state index is -0.251. The van der Waals surface area contributed by atoms with E-state index in [0.717, 1.165) is 59.3 Å². The van der Waals surface area contributed by atoms with Crippen molar-refractivity contribution in [2.45, 2.75) is 19.8 Å². The molecule has 2 aliphatic heterocycles. The van der Waals surface area contributed by atoms with Gasteiger partial charge >= 0.3 is 0 Å². The predicted octanol–water partition coefficient (Wildman–Crippen LogP) is 3.51. The minimum Gasteiger partial charge on any atom is -0.369 e. The molecule has 1 saturated heterocycles. The van der Waals surface area contributed by atoms with Gasteiger partial charge in [0.2, 0.25) is 5.91 Å². The number of carbonyl (C=O) groups is 1. The molecule has 4 aromatic rings. The molecule has 2 aromatic carbocycles. The van der Waals surface area contributed by atoms with E-state index in [4.69, 9.17) is 5.73 Å². The van der Waals surface area contributed by atoms with Crippen LogP contribution >= 0.6 is 0 Å². The maximum absolute atomic E-state index is 13.7. The molecular weight excluding hydrogens is 438 g/mol. The third-order valence-corrected chi connectivity index (χ3v) is 7.32. The van der Waals surface area contributed by atoms with Crippen LogP contribution in [0.15, 0.2) is 71.8 Å². The van der Waals surface area contributed by atoms with Crippen LogP contribution in [0.5, 0.6) is 0 Å². The van der Waals surface area contributed by atoms with Crippen LogP contribution in [-0.2, 0) is 11.2 Å². The minimum absolute atomic E-state index is 0.0276. The molecule has 4 heterocycles. The van der Waals surface area contributed by atoms with Crippen molar-refractivity contribution in [2.24, 2.45) is 11.7 Å². The molecule has 2 aliphatic rings. The molecule has 0 radical (unpaired) electrons. The van der Waals surface area contributed by atoms with E-state index in [-0.39, 0.29) is 17.4 Å². The van der Waals surface area contributed by atoms with Gasteiger partial charge in [0.15, 0.2) is 0 Å². The Bertz CT molecular complexity index is 1530. The molecule has 1 fully saturated rings. The average molecular weight is 466 g/mol. The molecule has 0 bridgehead atoms. The first-order valence-electron chi connectivity index (χ1n) is 12.0. The molecule has 35 heavy (non-hydrogen) atoms. The summed E-state index contributed by atoms with van der Waals surface area (Å²) in [5.41, 5.74) is 10.3. The molecule has 1 atom stereocenters. The fourth-order valence-corrected chi connectivity index (χ4v) is 5.36. The number of hydrogen-bond donors (Lipinski definition) is 1. The van der Waals surface area contributed by atoms with Gasteiger partial charge in [0.05, 0.1) is 17.2 Å². The standard InChI is InChI=1S/C28H27N5O2/c1-18-8-12-33(32-13-10-19-4-2-3-5-24(19)32)28(35)26(18)21-7-6-20-15-25(30-16-23(20)14-21)31-11-9-22(17-31)27(29)34/h2-8,12,14-16,22H,9-11,13,17H2,1H3,(H2,29,34)/t22-/m1/s1. The Kier molecular flexibility index (Phi) is 5.06. The van der Waals surface area contributed by atoms with Crippen molar-refractivity contribution in [3.05, 3.63) is 88.5 Å². The van der Waals surface area contributed by atoms with Crippen LogP contribution in [0.25, 0.3) is 21.9 Å². The Morgan fingerprint density at radius 2 is 1.91 bits per heavy atom. The van der Waals surface area contributed by atoms with E-state index in [1.54, 1.807) is 4.68 Å². The molecule has 1 amide bonds. The second kappa shape index (κ2) is 8.27. The maximum atomic E-state index is 13.7. The lowest BCUT2D eigenvalue weighted by molar-refractivity contribution is -0.121. The Balaban J connectivity index is 1.36. The SMILES string of the molecule is Cc1ccn(N2CCc3ccccc32)c(=O)c1-c1ccc2cc(N3CC[C@@H](C(N)=O)C3)ncc2c1. The molecule has 2 aromatic heterocycles. The van der Waals surface area contributed by atoms with Crippen LogP contribution in [0.3, 0.4) is 0 Å². The normalized spacial score (nSPS) is 17.2. The van der Waals surface area contributed by atoms with E-state index >= 15 is 0 Å². The Hall–Kier alpha value is -4.13. The summed E-state index contributed by atoms with van der Waals surface area (Å²) in [5, 5.41) is 4.08. The zero-order chi connectivity index (χ0) is 24.1. The summed E-state index contributed by atoms with van der Waals surface area (Å²) in [4.78, 5) is 32.0. The molecule has 7 heteroatoms. The van der Waals surface area contributed by atoms with Crippen LogP contribution in [-0.4, -0.2) is 35.2 Å². The van der Waals surface area contributed by atoms with Gasteiger partial charge in [0, 0.05) is 37.4 Å². The van der Waals surface area contributed by atoms with Crippen molar-refractivity contribution in [1.82, 2.24) is 9.66 Å². The second-order valence-electron chi connectivity index (χ2n) is 9.46. The van der Waals surface area contributed by atoms with Crippen molar-refractivity contribution in [3.8, 4) is 11.1 Å². The van der Waals surface area contributed by atoms with E-state index in [1.807, 2.05) is 61.8 Å². The van der Waals surface area contributed by atoms with Crippen molar-refractivity contribution >= 4 is 28.2 Å². The van der Waals surface area contributed by atoms with E-state index in [1.165, 1.54) is 5.56 Å². The van der Waals surface area contributed by atoms with E-state index in [2.05, 4.69) is 27.0 Å². The predicted molar refractivity (Wildman–Crippen MR) is 139 cm³/mol. The highest BCUT2D eigenvalue weighted by Crippen LogP contribution is 2.30. The number of nitrogens with zero attached hydrogens (tertiary/aromatic N) is 4. The number of rotatable bonds is 4. The summed E-state index contributed by atoms with van der Waals surface area (Å²) in [5.74, 6) is 0.472. The first-order chi connectivity index (χ1) is 17.0. The summed E-state index contributed by atoms with van der Waals surface area (Å²) in [6.07, 6.45) is 5.40. The fourth-order valence-electron chi connectivity index (χ4n) is 5.36. The number of aromatic nitrogens is 2. The molecule has 6 rings (SSSR count). The summed E-state index contributed by atoms with van der Waals surface area (Å²) >= 11 is 0. The van der Waals surface area contributed by atoms with Gasteiger partial charge in [-0.1, -0.05) is 30.3 Å². The first-order valence-corrected chi connectivity index (χ1v) is 12.0. The first kappa shape index (κ1) is 21.4. The van der Waals surface area contributed by atoms with Crippen molar-refractivity contribution < 1.29 is 4.79 Å². The third-order valence-electron chi connectivity index (χ3n) is 7.32. The van der Waals surface area contributed by atoms with Gasteiger partial charge < -0.3 is 10.6 Å². The van der Waals surface area contributed by atoms with Crippen LogP contribution in [0.1, 0.15) is 17.5 Å². The number of benzene rings is 2. The lowest BCUT2D eigenvalue weighted by Gasteiger charge is -2.23. The molecule has 2 N–H and O–H groups in total. The zero-order valence-electron chi connectivity index (χ0n) is 19.6. The number of carbonyl (C=O) groups excluding carboxylic acids is 1. The lowest BCUT2D eigenvalue weighted by atomic mass is 10.00. The summed E-state index contributed by atoms with van der Waals surface area (Å²) in [6, 6.07) is 18.4. The molecule has 0 unspecified atom stereocenters. The molecule has 0 saturated carbocycles.